The van der Waals surface area contributed by atoms with E-state index in [9.17, 15) is 18.0 Å². The van der Waals surface area contributed by atoms with Crippen molar-refractivity contribution in [1.82, 2.24) is 15.1 Å². The van der Waals surface area contributed by atoms with Crippen LogP contribution in [0.4, 0.5) is 13.2 Å². The number of carbonyl (C=O) groups is 1. The van der Waals surface area contributed by atoms with Gasteiger partial charge in [0.05, 0.1) is 22.5 Å². The topological polar surface area (TPSA) is 46.9 Å². The number of nitrogens with zero attached hydrogens (tertiary/aromatic N) is 2. The molecule has 0 spiro atoms. The molecule has 0 aliphatic carbocycles. The van der Waals surface area contributed by atoms with Gasteiger partial charge in [-0.05, 0) is 23.8 Å². The smallest absolute Gasteiger partial charge is 0.348 e. The summed E-state index contributed by atoms with van der Waals surface area (Å²) < 4.78 is 41.6. The van der Waals surface area contributed by atoms with Crippen LogP contribution in [0.25, 0.3) is 5.69 Å². The first kappa shape index (κ1) is 19.3. The van der Waals surface area contributed by atoms with Crippen LogP contribution in [0.5, 0.6) is 0 Å². The van der Waals surface area contributed by atoms with Crippen molar-refractivity contribution in [1.29, 1.82) is 0 Å². The summed E-state index contributed by atoms with van der Waals surface area (Å²) in [6.45, 7) is 0.0834. The first-order valence-electron chi connectivity index (χ1n) is 7.70. The molecule has 140 valence electrons. The molecule has 4 nitrogen and oxygen atoms in total. The van der Waals surface area contributed by atoms with Gasteiger partial charge in [-0.25, -0.2) is 4.68 Å². The van der Waals surface area contributed by atoms with Gasteiger partial charge in [0.1, 0.15) is 0 Å². The molecule has 1 N–H and O–H groups in total. The molecule has 0 aliphatic rings. The molecule has 0 atom stereocenters. The van der Waals surface area contributed by atoms with Gasteiger partial charge in [0.25, 0.3) is 5.91 Å². The lowest BCUT2D eigenvalue weighted by Crippen LogP contribution is -2.26. The third-order valence-corrected chi connectivity index (χ3v) is 4.27. The average Bonchev–Trinajstić information content (AvgIpc) is 3.08. The molecule has 0 unspecified atom stereocenters. The zero-order valence-electron chi connectivity index (χ0n) is 13.6. The van der Waals surface area contributed by atoms with E-state index in [0.717, 1.165) is 11.8 Å². The number of halogens is 5. The quantitative estimate of drug-likeness (QED) is 0.644. The number of rotatable bonds is 4. The number of carbonyl (C=O) groups excluding carboxylic acids is 1. The molecule has 3 aromatic rings. The molecule has 1 aromatic heterocycles. The molecular weight excluding hydrogens is 402 g/mol. The third kappa shape index (κ3) is 4.26. The second-order valence-electron chi connectivity index (χ2n) is 5.58. The third-order valence-electron chi connectivity index (χ3n) is 3.71. The molecule has 0 saturated heterocycles. The lowest BCUT2D eigenvalue weighted by atomic mass is 10.2. The van der Waals surface area contributed by atoms with E-state index in [-0.39, 0.29) is 22.3 Å². The maximum Gasteiger partial charge on any atom is 0.434 e. The summed E-state index contributed by atoms with van der Waals surface area (Å²) in [6, 6.07) is 12.9. The van der Waals surface area contributed by atoms with Gasteiger partial charge < -0.3 is 5.32 Å². The van der Waals surface area contributed by atoms with Crippen molar-refractivity contribution in [2.75, 3.05) is 0 Å². The standard InChI is InChI=1S/C18H12Cl2F3N3O/c19-12-6-7-14(20)15(8-12)26-16(18(21,22)23)13(10-25-26)17(27)24-9-11-4-2-1-3-5-11/h1-8,10H,9H2,(H,24,27). The number of hydrogen-bond acceptors (Lipinski definition) is 2. The van der Waals surface area contributed by atoms with Crippen LogP contribution >= 0.6 is 23.2 Å². The first-order valence-corrected chi connectivity index (χ1v) is 8.45. The van der Waals surface area contributed by atoms with Crippen LogP contribution in [0, 0.1) is 0 Å². The van der Waals surface area contributed by atoms with E-state index in [1.165, 1.54) is 18.2 Å². The van der Waals surface area contributed by atoms with Crippen molar-refractivity contribution in [3.05, 3.63) is 81.6 Å². The predicted molar refractivity (Wildman–Crippen MR) is 96.2 cm³/mol. The molecule has 2 aromatic carbocycles. The minimum absolute atomic E-state index is 0.0178. The van der Waals surface area contributed by atoms with Gasteiger partial charge in [0.2, 0.25) is 0 Å². The lowest BCUT2D eigenvalue weighted by Gasteiger charge is -2.14. The molecule has 0 fully saturated rings. The molecule has 0 radical (unpaired) electrons. The number of amides is 1. The molecule has 1 heterocycles. The Morgan fingerprint density at radius 2 is 1.81 bits per heavy atom. The molecule has 1 amide bonds. The molecule has 0 bridgehead atoms. The van der Waals surface area contributed by atoms with Crippen LogP contribution in [-0.2, 0) is 12.7 Å². The maximum atomic E-state index is 13.7. The number of alkyl halides is 3. The normalized spacial score (nSPS) is 11.4. The van der Waals surface area contributed by atoms with Gasteiger partial charge in [-0.2, -0.15) is 18.3 Å². The summed E-state index contributed by atoms with van der Waals surface area (Å²) in [7, 11) is 0. The van der Waals surface area contributed by atoms with Gasteiger partial charge in [0.15, 0.2) is 5.69 Å². The SMILES string of the molecule is O=C(NCc1ccccc1)c1cnn(-c2cc(Cl)ccc2Cl)c1C(F)(F)F. The Bertz CT molecular complexity index is 972. The van der Waals surface area contributed by atoms with Gasteiger partial charge >= 0.3 is 6.18 Å². The van der Waals surface area contributed by atoms with E-state index in [0.29, 0.717) is 4.68 Å². The highest BCUT2D eigenvalue weighted by atomic mass is 35.5. The fourth-order valence-corrected chi connectivity index (χ4v) is 2.86. The van der Waals surface area contributed by atoms with Gasteiger partial charge in [-0.1, -0.05) is 53.5 Å². The number of hydrogen-bond donors (Lipinski definition) is 1. The van der Waals surface area contributed by atoms with Crippen LogP contribution in [0.2, 0.25) is 10.0 Å². The van der Waals surface area contributed by atoms with Crippen LogP contribution in [0.15, 0.2) is 54.7 Å². The Labute approximate surface area is 162 Å². The van der Waals surface area contributed by atoms with E-state index in [2.05, 4.69) is 10.4 Å². The minimum atomic E-state index is -4.83. The summed E-state index contributed by atoms with van der Waals surface area (Å²) in [6.07, 6.45) is -3.97. The highest BCUT2D eigenvalue weighted by Gasteiger charge is 2.40. The Hall–Kier alpha value is -2.51. The molecule has 3 rings (SSSR count). The highest BCUT2D eigenvalue weighted by Crippen LogP contribution is 2.35. The summed E-state index contributed by atoms with van der Waals surface area (Å²) in [5.41, 5.74) is -1.14. The lowest BCUT2D eigenvalue weighted by molar-refractivity contribution is -0.143. The van der Waals surface area contributed by atoms with Crippen molar-refractivity contribution in [3.8, 4) is 5.69 Å². The van der Waals surface area contributed by atoms with E-state index in [1.54, 1.807) is 30.3 Å². The summed E-state index contributed by atoms with van der Waals surface area (Å²) in [5.74, 6) is -0.893. The molecular formula is C18H12Cl2F3N3O. The Kier molecular flexibility index (Phi) is 5.43. The number of nitrogens with one attached hydrogen (secondary N) is 1. The zero-order chi connectivity index (χ0) is 19.6. The summed E-state index contributed by atoms with van der Waals surface area (Å²) >= 11 is 11.9. The first-order chi connectivity index (χ1) is 12.8. The largest absolute Gasteiger partial charge is 0.434 e. The molecule has 27 heavy (non-hydrogen) atoms. The van der Waals surface area contributed by atoms with Crippen molar-refractivity contribution < 1.29 is 18.0 Å². The summed E-state index contributed by atoms with van der Waals surface area (Å²) in [5, 5.41) is 6.40. The molecule has 9 heteroatoms. The Morgan fingerprint density at radius 3 is 2.48 bits per heavy atom. The Balaban J connectivity index is 1.98. The van der Waals surface area contributed by atoms with Crippen LogP contribution in [-0.4, -0.2) is 15.7 Å². The van der Waals surface area contributed by atoms with Crippen LogP contribution < -0.4 is 5.32 Å². The van der Waals surface area contributed by atoms with Crippen molar-refractivity contribution in [3.63, 3.8) is 0 Å². The number of aromatic nitrogens is 2. The summed E-state index contributed by atoms with van der Waals surface area (Å²) in [4.78, 5) is 12.4. The van der Waals surface area contributed by atoms with Gasteiger partial charge in [-0.15, -0.1) is 0 Å². The van der Waals surface area contributed by atoms with Crippen molar-refractivity contribution in [2.45, 2.75) is 12.7 Å². The Morgan fingerprint density at radius 1 is 1.11 bits per heavy atom. The monoisotopic (exact) mass is 413 g/mol. The highest BCUT2D eigenvalue weighted by molar-refractivity contribution is 6.34. The van der Waals surface area contributed by atoms with Crippen LogP contribution in [0.3, 0.4) is 0 Å². The van der Waals surface area contributed by atoms with Crippen molar-refractivity contribution in [2.24, 2.45) is 0 Å². The number of benzene rings is 2. The fraction of sp³-hybridized carbons (Fsp3) is 0.111. The van der Waals surface area contributed by atoms with E-state index in [4.69, 9.17) is 23.2 Å². The van der Waals surface area contributed by atoms with Crippen molar-refractivity contribution >= 4 is 29.1 Å². The van der Waals surface area contributed by atoms with E-state index < -0.39 is 23.3 Å². The fourth-order valence-electron chi connectivity index (χ4n) is 2.49. The van der Waals surface area contributed by atoms with Crippen LogP contribution in [0.1, 0.15) is 21.6 Å². The maximum absolute atomic E-state index is 13.7. The average molecular weight is 414 g/mol. The van der Waals surface area contributed by atoms with Gasteiger partial charge in [0, 0.05) is 11.6 Å². The molecule has 0 aliphatic heterocycles. The van der Waals surface area contributed by atoms with E-state index in [1.807, 2.05) is 0 Å². The second-order valence-corrected chi connectivity index (χ2v) is 6.42. The minimum Gasteiger partial charge on any atom is -0.348 e. The zero-order valence-corrected chi connectivity index (χ0v) is 15.1. The molecule has 0 saturated carbocycles. The second kappa shape index (κ2) is 7.62. The predicted octanol–water partition coefficient (Wildman–Crippen LogP) is 5.13. The van der Waals surface area contributed by atoms with Gasteiger partial charge in [-0.3, -0.25) is 4.79 Å². The van der Waals surface area contributed by atoms with E-state index >= 15 is 0 Å².